The third kappa shape index (κ3) is 3.48. The molecular weight excluding hydrogens is 332 g/mol. The number of hydrogen-bond acceptors (Lipinski definition) is 5. The lowest BCUT2D eigenvalue weighted by Gasteiger charge is -2.08. The number of aromatic nitrogens is 3. The second-order valence-electron chi connectivity index (χ2n) is 3.70. The Kier molecular flexibility index (Phi) is 4.43. The van der Waals surface area contributed by atoms with Crippen molar-refractivity contribution in [1.82, 2.24) is 14.8 Å². The van der Waals surface area contributed by atoms with Gasteiger partial charge in [-0.25, -0.2) is 0 Å². The average molecular weight is 343 g/mol. The van der Waals surface area contributed by atoms with Crippen molar-refractivity contribution in [2.45, 2.75) is 11.7 Å². The second-order valence-corrected chi connectivity index (χ2v) is 5.50. The molecule has 0 radical (unpaired) electrons. The second kappa shape index (κ2) is 6.07. The summed E-state index contributed by atoms with van der Waals surface area (Å²) in [7, 11) is 0. The monoisotopic (exact) mass is 342 g/mol. The van der Waals surface area contributed by atoms with Crippen LogP contribution < -0.4 is 5.73 Å². The molecule has 0 amide bonds. The Bertz CT molecular complexity index is 602. The van der Waals surface area contributed by atoms with E-state index in [9.17, 15) is 4.79 Å². The van der Waals surface area contributed by atoms with Gasteiger partial charge < -0.3 is 10.8 Å². The fraction of sp³-hybridized carbons (Fsp3) is 0.182. The van der Waals surface area contributed by atoms with Crippen LogP contribution in [0.2, 0.25) is 0 Å². The van der Waals surface area contributed by atoms with Crippen molar-refractivity contribution in [2.24, 2.45) is 0 Å². The van der Waals surface area contributed by atoms with Crippen LogP contribution in [0.15, 0.2) is 33.9 Å². The number of hydrogen-bond donors (Lipinski definition) is 2. The van der Waals surface area contributed by atoms with E-state index in [0.717, 1.165) is 21.8 Å². The fourth-order valence-electron chi connectivity index (χ4n) is 1.48. The van der Waals surface area contributed by atoms with E-state index < -0.39 is 5.97 Å². The van der Waals surface area contributed by atoms with Crippen LogP contribution in [0.4, 0.5) is 5.95 Å². The zero-order chi connectivity index (χ0) is 13.8. The maximum Gasteiger partial charge on any atom is 0.313 e. The first-order valence-electron chi connectivity index (χ1n) is 5.34. The highest BCUT2D eigenvalue weighted by atomic mass is 79.9. The number of anilines is 1. The zero-order valence-corrected chi connectivity index (χ0v) is 12.2. The van der Waals surface area contributed by atoms with Crippen LogP contribution in [0.1, 0.15) is 5.56 Å². The molecule has 2 rings (SSSR count). The zero-order valence-electron chi connectivity index (χ0n) is 9.78. The van der Waals surface area contributed by atoms with E-state index in [-0.39, 0.29) is 11.7 Å². The number of benzene rings is 1. The van der Waals surface area contributed by atoms with Gasteiger partial charge in [-0.1, -0.05) is 45.9 Å². The van der Waals surface area contributed by atoms with Gasteiger partial charge in [-0.3, -0.25) is 9.36 Å². The Hall–Kier alpha value is -1.54. The Labute approximate surface area is 122 Å². The molecule has 6 nitrogen and oxygen atoms in total. The molecule has 0 saturated heterocycles. The van der Waals surface area contributed by atoms with Crippen molar-refractivity contribution < 1.29 is 9.90 Å². The topological polar surface area (TPSA) is 94.0 Å². The van der Waals surface area contributed by atoms with Gasteiger partial charge in [-0.2, -0.15) is 0 Å². The van der Waals surface area contributed by atoms with Crippen LogP contribution in [-0.4, -0.2) is 31.6 Å². The van der Waals surface area contributed by atoms with Gasteiger partial charge in [0.25, 0.3) is 0 Å². The van der Waals surface area contributed by atoms with E-state index in [1.54, 1.807) is 4.57 Å². The van der Waals surface area contributed by atoms with Gasteiger partial charge in [-0.05, 0) is 11.6 Å². The molecule has 0 aliphatic carbocycles. The van der Waals surface area contributed by atoms with Crippen LogP contribution in [0, 0.1) is 0 Å². The fourth-order valence-corrected chi connectivity index (χ4v) is 2.55. The molecule has 1 heterocycles. The maximum atomic E-state index is 10.6. The molecule has 3 N–H and O–H groups in total. The first kappa shape index (κ1) is 13.9. The lowest BCUT2D eigenvalue weighted by atomic mass is 10.2. The predicted octanol–water partition coefficient (Wildman–Crippen LogP) is 1.85. The number of thioether (sulfide) groups is 1. The van der Waals surface area contributed by atoms with Gasteiger partial charge in [-0.15, -0.1) is 10.2 Å². The van der Waals surface area contributed by atoms with Crippen LogP contribution >= 0.6 is 27.7 Å². The summed E-state index contributed by atoms with van der Waals surface area (Å²) in [5.41, 5.74) is 6.78. The SMILES string of the molecule is Nc1nnc(SCC(=O)O)n1Cc1ccccc1Br. The summed E-state index contributed by atoms with van der Waals surface area (Å²) < 4.78 is 2.64. The summed E-state index contributed by atoms with van der Waals surface area (Å²) in [6.07, 6.45) is 0. The number of carboxylic acids is 1. The minimum Gasteiger partial charge on any atom is -0.481 e. The highest BCUT2D eigenvalue weighted by Crippen LogP contribution is 2.22. The van der Waals surface area contributed by atoms with Gasteiger partial charge in [0, 0.05) is 4.47 Å². The number of nitrogens with two attached hydrogens (primary N) is 1. The highest BCUT2D eigenvalue weighted by Gasteiger charge is 2.13. The number of carboxylic acid groups (broad SMARTS) is 1. The summed E-state index contributed by atoms with van der Waals surface area (Å²) in [5, 5.41) is 16.9. The molecule has 8 heteroatoms. The van der Waals surface area contributed by atoms with Crippen molar-refractivity contribution >= 4 is 39.6 Å². The van der Waals surface area contributed by atoms with E-state index in [0.29, 0.717) is 11.7 Å². The smallest absolute Gasteiger partial charge is 0.313 e. The van der Waals surface area contributed by atoms with Gasteiger partial charge >= 0.3 is 5.97 Å². The molecule has 0 spiro atoms. The Morgan fingerprint density at radius 1 is 1.42 bits per heavy atom. The number of aliphatic carboxylic acids is 1. The van der Waals surface area contributed by atoms with E-state index in [1.807, 2.05) is 24.3 Å². The normalized spacial score (nSPS) is 10.6. The van der Waals surface area contributed by atoms with Crippen LogP contribution in [0.3, 0.4) is 0 Å². The van der Waals surface area contributed by atoms with Gasteiger partial charge in [0.15, 0.2) is 5.16 Å². The molecule has 19 heavy (non-hydrogen) atoms. The van der Waals surface area contributed by atoms with Crippen LogP contribution in [0.25, 0.3) is 0 Å². The Morgan fingerprint density at radius 3 is 2.84 bits per heavy atom. The standard InChI is InChI=1S/C11H11BrN4O2S/c12-8-4-2-1-3-7(8)5-16-10(13)14-15-11(16)19-6-9(17)18/h1-4H,5-6H2,(H2,13,14)(H,17,18). The average Bonchev–Trinajstić information content (AvgIpc) is 2.71. The number of rotatable bonds is 5. The molecule has 2 aromatic rings. The highest BCUT2D eigenvalue weighted by molar-refractivity contribution is 9.10. The molecule has 1 aromatic heterocycles. The molecule has 100 valence electrons. The molecule has 0 aliphatic rings. The molecule has 1 aromatic carbocycles. The summed E-state index contributed by atoms with van der Waals surface area (Å²) in [6.45, 7) is 0.488. The number of nitrogen functional groups attached to an aromatic ring is 1. The minimum absolute atomic E-state index is 0.0753. The summed E-state index contributed by atoms with van der Waals surface area (Å²) in [5.74, 6) is -0.712. The first-order valence-corrected chi connectivity index (χ1v) is 7.12. The number of nitrogens with zero attached hydrogens (tertiary/aromatic N) is 3. The maximum absolute atomic E-state index is 10.6. The van der Waals surface area contributed by atoms with E-state index >= 15 is 0 Å². The summed E-state index contributed by atoms with van der Waals surface area (Å²) in [6, 6.07) is 7.73. The summed E-state index contributed by atoms with van der Waals surface area (Å²) >= 11 is 4.55. The van der Waals surface area contributed by atoms with Crippen LogP contribution in [0.5, 0.6) is 0 Å². The van der Waals surface area contributed by atoms with Crippen molar-refractivity contribution in [3.05, 3.63) is 34.3 Å². The van der Waals surface area contributed by atoms with Crippen molar-refractivity contribution in [3.8, 4) is 0 Å². The van der Waals surface area contributed by atoms with E-state index in [1.165, 1.54) is 0 Å². The third-order valence-corrected chi connectivity index (χ3v) is 4.08. The molecule has 0 unspecified atom stereocenters. The quantitative estimate of drug-likeness (QED) is 0.805. The Morgan fingerprint density at radius 2 is 2.16 bits per heavy atom. The lowest BCUT2D eigenvalue weighted by Crippen LogP contribution is -2.08. The lowest BCUT2D eigenvalue weighted by molar-refractivity contribution is -0.133. The van der Waals surface area contributed by atoms with Crippen LogP contribution in [-0.2, 0) is 11.3 Å². The molecule has 0 fully saturated rings. The molecule has 0 saturated carbocycles. The molecular formula is C11H11BrN4O2S. The van der Waals surface area contributed by atoms with Crippen molar-refractivity contribution in [1.29, 1.82) is 0 Å². The van der Waals surface area contributed by atoms with E-state index in [2.05, 4.69) is 26.1 Å². The molecule has 0 aliphatic heterocycles. The third-order valence-electron chi connectivity index (χ3n) is 2.36. The number of halogens is 1. The van der Waals surface area contributed by atoms with Gasteiger partial charge in [0.05, 0.1) is 12.3 Å². The van der Waals surface area contributed by atoms with Gasteiger partial charge in [0.2, 0.25) is 5.95 Å². The summed E-state index contributed by atoms with van der Waals surface area (Å²) in [4.78, 5) is 10.6. The van der Waals surface area contributed by atoms with E-state index in [4.69, 9.17) is 10.8 Å². The number of carbonyl (C=O) groups is 1. The predicted molar refractivity (Wildman–Crippen MR) is 76.0 cm³/mol. The van der Waals surface area contributed by atoms with Crippen molar-refractivity contribution in [3.63, 3.8) is 0 Å². The first-order chi connectivity index (χ1) is 9.08. The minimum atomic E-state index is -0.904. The van der Waals surface area contributed by atoms with Crippen molar-refractivity contribution in [2.75, 3.05) is 11.5 Å². The van der Waals surface area contributed by atoms with Gasteiger partial charge in [0.1, 0.15) is 0 Å². The largest absolute Gasteiger partial charge is 0.481 e. The molecule has 0 atom stereocenters. The Balaban J connectivity index is 2.22. The molecule has 0 bridgehead atoms.